The molecular formula is C10H9ClN2OS2. The van der Waals surface area contributed by atoms with Crippen molar-refractivity contribution < 1.29 is 4.74 Å². The van der Waals surface area contributed by atoms with Crippen molar-refractivity contribution in [1.29, 1.82) is 0 Å². The van der Waals surface area contributed by atoms with E-state index in [9.17, 15) is 0 Å². The molecule has 2 aromatic heterocycles. The van der Waals surface area contributed by atoms with Crippen LogP contribution in [-0.2, 0) is 6.61 Å². The van der Waals surface area contributed by atoms with E-state index < -0.39 is 0 Å². The summed E-state index contributed by atoms with van der Waals surface area (Å²) >= 11 is 8.93. The van der Waals surface area contributed by atoms with Gasteiger partial charge in [0.25, 0.3) is 0 Å². The number of hydrogen-bond donors (Lipinski definition) is 0. The molecule has 6 heteroatoms. The van der Waals surface area contributed by atoms with Crippen LogP contribution in [0.15, 0.2) is 28.7 Å². The number of hydrogen-bond acceptors (Lipinski definition) is 5. The van der Waals surface area contributed by atoms with Crippen LogP contribution in [0.3, 0.4) is 0 Å². The van der Waals surface area contributed by atoms with Crippen LogP contribution in [0.5, 0.6) is 5.88 Å². The normalized spacial score (nSPS) is 10.4. The Labute approximate surface area is 107 Å². The zero-order valence-electron chi connectivity index (χ0n) is 8.51. The Morgan fingerprint density at radius 1 is 1.50 bits per heavy atom. The summed E-state index contributed by atoms with van der Waals surface area (Å²) in [5, 5.41) is 3.04. The van der Waals surface area contributed by atoms with Crippen LogP contribution in [0.2, 0.25) is 5.15 Å². The van der Waals surface area contributed by atoms with E-state index in [1.165, 1.54) is 11.8 Å². The molecule has 3 nitrogen and oxygen atoms in total. The highest BCUT2D eigenvalue weighted by Crippen LogP contribution is 2.20. The minimum atomic E-state index is 0.403. The van der Waals surface area contributed by atoms with Crippen LogP contribution in [0.4, 0.5) is 0 Å². The van der Waals surface area contributed by atoms with Gasteiger partial charge < -0.3 is 4.74 Å². The third-order valence-electron chi connectivity index (χ3n) is 1.78. The van der Waals surface area contributed by atoms with Crippen molar-refractivity contribution in [2.75, 3.05) is 6.26 Å². The van der Waals surface area contributed by atoms with Crippen molar-refractivity contribution in [3.05, 3.63) is 33.6 Å². The first-order chi connectivity index (χ1) is 7.78. The van der Waals surface area contributed by atoms with Gasteiger partial charge in [0.2, 0.25) is 5.88 Å². The van der Waals surface area contributed by atoms with Gasteiger partial charge in [0.15, 0.2) is 5.16 Å². The first-order valence-corrected chi connectivity index (χ1v) is 7.00. The fourth-order valence-corrected chi connectivity index (χ4v) is 2.29. The highest BCUT2D eigenvalue weighted by Gasteiger charge is 2.04. The molecule has 2 aromatic rings. The van der Waals surface area contributed by atoms with Crippen molar-refractivity contribution in [2.24, 2.45) is 0 Å². The Morgan fingerprint density at radius 3 is 3.06 bits per heavy atom. The highest BCUT2D eigenvalue weighted by atomic mass is 35.5. The van der Waals surface area contributed by atoms with Crippen molar-refractivity contribution in [1.82, 2.24) is 9.97 Å². The Morgan fingerprint density at radius 2 is 2.38 bits per heavy atom. The molecule has 0 spiro atoms. The summed E-state index contributed by atoms with van der Waals surface area (Å²) in [4.78, 5) is 9.39. The molecule has 0 aliphatic heterocycles. The van der Waals surface area contributed by atoms with Gasteiger partial charge in [-0.1, -0.05) is 29.4 Å². The minimum Gasteiger partial charge on any atom is -0.472 e. The maximum absolute atomic E-state index is 5.85. The topological polar surface area (TPSA) is 35.0 Å². The summed E-state index contributed by atoms with van der Waals surface area (Å²) in [7, 11) is 0. The van der Waals surface area contributed by atoms with Crippen molar-refractivity contribution in [2.45, 2.75) is 11.8 Å². The summed E-state index contributed by atoms with van der Waals surface area (Å²) in [5.41, 5.74) is 0. The van der Waals surface area contributed by atoms with Crippen molar-refractivity contribution in [3.8, 4) is 5.88 Å². The molecule has 0 saturated heterocycles. The Kier molecular flexibility index (Phi) is 4.04. The highest BCUT2D eigenvalue weighted by molar-refractivity contribution is 7.98. The standard InChI is InChI=1S/C10H9ClN2OS2/c1-15-10-12-8(11)5-9(13-10)14-6-7-3-2-4-16-7/h2-5H,6H2,1H3. The first kappa shape index (κ1) is 11.7. The van der Waals surface area contributed by atoms with E-state index in [1.807, 2.05) is 23.8 Å². The molecule has 0 bridgehead atoms. The largest absolute Gasteiger partial charge is 0.472 e. The molecule has 0 aromatic carbocycles. The van der Waals surface area contributed by atoms with Gasteiger partial charge in [-0.2, -0.15) is 4.98 Å². The number of aromatic nitrogens is 2. The smallest absolute Gasteiger partial charge is 0.219 e. The van der Waals surface area contributed by atoms with Crippen LogP contribution in [0.25, 0.3) is 0 Å². The lowest BCUT2D eigenvalue weighted by Gasteiger charge is -2.04. The summed E-state index contributed by atoms with van der Waals surface area (Å²) in [6.45, 7) is 0.513. The zero-order valence-corrected chi connectivity index (χ0v) is 10.9. The maximum Gasteiger partial charge on any atom is 0.219 e. The van der Waals surface area contributed by atoms with Gasteiger partial charge in [-0.15, -0.1) is 11.3 Å². The molecule has 16 heavy (non-hydrogen) atoms. The third-order valence-corrected chi connectivity index (χ3v) is 3.37. The third kappa shape index (κ3) is 3.10. The number of halogens is 1. The minimum absolute atomic E-state index is 0.403. The number of rotatable bonds is 4. The van der Waals surface area contributed by atoms with Crippen LogP contribution in [0, 0.1) is 0 Å². The van der Waals surface area contributed by atoms with Gasteiger partial charge in [0.05, 0.1) is 0 Å². The lowest BCUT2D eigenvalue weighted by molar-refractivity contribution is 0.294. The zero-order chi connectivity index (χ0) is 11.4. The molecule has 0 amide bonds. The Balaban J connectivity index is 2.06. The molecule has 0 saturated carbocycles. The lowest BCUT2D eigenvalue weighted by Crippen LogP contribution is -1.97. The van der Waals surface area contributed by atoms with E-state index in [1.54, 1.807) is 17.4 Å². The molecule has 84 valence electrons. The monoisotopic (exact) mass is 272 g/mol. The number of thiophene rings is 1. The predicted molar refractivity (Wildman–Crippen MR) is 67.5 cm³/mol. The van der Waals surface area contributed by atoms with E-state index in [-0.39, 0.29) is 0 Å². The second-order valence-electron chi connectivity index (χ2n) is 2.88. The van der Waals surface area contributed by atoms with Gasteiger partial charge in [0.1, 0.15) is 11.8 Å². The summed E-state index contributed by atoms with van der Waals surface area (Å²) in [6.07, 6.45) is 1.90. The van der Waals surface area contributed by atoms with Crippen LogP contribution < -0.4 is 4.74 Å². The molecule has 2 rings (SSSR count). The molecule has 2 heterocycles. The molecular weight excluding hydrogens is 264 g/mol. The summed E-state index contributed by atoms with van der Waals surface area (Å²) in [6, 6.07) is 5.63. The van der Waals surface area contributed by atoms with Crippen LogP contribution in [-0.4, -0.2) is 16.2 Å². The van der Waals surface area contributed by atoms with Gasteiger partial charge in [-0.25, -0.2) is 4.98 Å². The maximum atomic E-state index is 5.85. The fraction of sp³-hybridized carbons (Fsp3) is 0.200. The lowest BCUT2D eigenvalue weighted by atomic mass is 10.5. The second kappa shape index (κ2) is 5.52. The van der Waals surface area contributed by atoms with Gasteiger partial charge >= 0.3 is 0 Å². The predicted octanol–water partition coefficient (Wildman–Crippen LogP) is 3.49. The average molecular weight is 273 g/mol. The van der Waals surface area contributed by atoms with E-state index >= 15 is 0 Å². The van der Waals surface area contributed by atoms with E-state index in [0.717, 1.165) is 4.88 Å². The first-order valence-electron chi connectivity index (χ1n) is 4.51. The quantitative estimate of drug-likeness (QED) is 0.485. The molecule has 0 aliphatic carbocycles. The Hall–Kier alpha value is -0.780. The number of thioether (sulfide) groups is 1. The molecule has 0 radical (unpaired) electrons. The number of nitrogens with zero attached hydrogens (tertiary/aromatic N) is 2. The molecule has 0 unspecified atom stereocenters. The fourth-order valence-electron chi connectivity index (χ4n) is 1.08. The summed E-state index contributed by atoms with van der Waals surface area (Å²) in [5.74, 6) is 0.512. The average Bonchev–Trinajstić information content (AvgIpc) is 2.78. The molecule has 0 atom stereocenters. The van der Waals surface area contributed by atoms with Crippen molar-refractivity contribution >= 4 is 34.7 Å². The van der Waals surface area contributed by atoms with Gasteiger partial charge in [-0.05, 0) is 17.7 Å². The molecule has 0 N–H and O–H groups in total. The van der Waals surface area contributed by atoms with E-state index in [2.05, 4.69) is 9.97 Å². The van der Waals surface area contributed by atoms with Crippen LogP contribution >= 0.6 is 34.7 Å². The number of ether oxygens (including phenoxy) is 1. The summed E-state index contributed by atoms with van der Waals surface area (Å²) < 4.78 is 5.54. The molecule has 0 aliphatic rings. The van der Waals surface area contributed by atoms with E-state index in [0.29, 0.717) is 22.8 Å². The SMILES string of the molecule is CSc1nc(Cl)cc(OCc2cccs2)n1. The van der Waals surface area contributed by atoms with Crippen LogP contribution in [0.1, 0.15) is 4.88 Å². The van der Waals surface area contributed by atoms with E-state index in [4.69, 9.17) is 16.3 Å². The van der Waals surface area contributed by atoms with Gasteiger partial charge in [-0.3, -0.25) is 0 Å². The van der Waals surface area contributed by atoms with Gasteiger partial charge in [0, 0.05) is 10.9 Å². The van der Waals surface area contributed by atoms with Crippen molar-refractivity contribution in [3.63, 3.8) is 0 Å². The molecule has 0 fully saturated rings. The Bertz CT molecular complexity index is 462. The second-order valence-corrected chi connectivity index (χ2v) is 5.08.